The van der Waals surface area contributed by atoms with Gasteiger partial charge in [-0.15, -0.1) is 0 Å². The molecule has 1 amide bonds. The number of halogens is 1. The maximum atomic E-state index is 12.2. The van der Waals surface area contributed by atoms with Gasteiger partial charge in [0.15, 0.2) is 0 Å². The first-order chi connectivity index (χ1) is 9.99. The largest absolute Gasteiger partial charge is 0.397 e. The Morgan fingerprint density at radius 1 is 1.52 bits per heavy atom. The second-order valence-corrected chi connectivity index (χ2v) is 6.66. The summed E-state index contributed by atoms with van der Waals surface area (Å²) in [6.45, 7) is 0.531. The zero-order valence-electron chi connectivity index (χ0n) is 11.3. The van der Waals surface area contributed by atoms with Crippen LogP contribution in [0.15, 0.2) is 12.1 Å². The lowest BCUT2D eigenvalue weighted by Crippen LogP contribution is -2.32. The third-order valence-electron chi connectivity index (χ3n) is 3.33. The summed E-state index contributed by atoms with van der Waals surface area (Å²) >= 11 is 7.68. The topological polar surface area (TPSA) is 98.3 Å². The van der Waals surface area contributed by atoms with Crippen molar-refractivity contribution in [3.05, 3.63) is 32.8 Å². The van der Waals surface area contributed by atoms with Gasteiger partial charge in [0, 0.05) is 23.9 Å². The quantitative estimate of drug-likeness (QED) is 0.503. The van der Waals surface area contributed by atoms with E-state index in [4.69, 9.17) is 17.3 Å². The monoisotopic (exact) mass is 329 g/mol. The number of benzene rings is 1. The summed E-state index contributed by atoms with van der Waals surface area (Å²) in [7, 11) is 0. The molecule has 114 valence electrons. The van der Waals surface area contributed by atoms with Crippen LogP contribution in [0.1, 0.15) is 29.6 Å². The number of thioether (sulfide) groups is 1. The number of nitro benzene ring substituents is 1. The molecule has 3 N–H and O–H groups in total. The Bertz CT molecular complexity index is 562. The standard InChI is InChI=1S/C13H16ClN3O3S/c14-11-6-8(17(19)20)5-10(12(11)15)13(18)16-7-9-3-1-2-4-21-9/h5-6,9H,1-4,7,15H2,(H,16,18). The molecule has 8 heteroatoms. The first-order valence-corrected chi connectivity index (χ1v) is 8.05. The van der Waals surface area contributed by atoms with Crippen molar-refractivity contribution in [2.75, 3.05) is 18.0 Å². The highest BCUT2D eigenvalue weighted by molar-refractivity contribution is 7.99. The summed E-state index contributed by atoms with van der Waals surface area (Å²) < 4.78 is 0. The van der Waals surface area contributed by atoms with Gasteiger partial charge < -0.3 is 11.1 Å². The van der Waals surface area contributed by atoms with Gasteiger partial charge >= 0.3 is 0 Å². The predicted octanol–water partition coefficient (Wildman–Crippen LogP) is 2.85. The minimum Gasteiger partial charge on any atom is -0.397 e. The number of anilines is 1. The van der Waals surface area contributed by atoms with Crippen LogP contribution in [0.4, 0.5) is 11.4 Å². The molecule has 1 aromatic rings. The summed E-state index contributed by atoms with van der Waals surface area (Å²) in [6, 6.07) is 2.30. The molecule has 0 aromatic heterocycles. The fourth-order valence-corrected chi connectivity index (χ4v) is 3.62. The zero-order chi connectivity index (χ0) is 15.4. The first kappa shape index (κ1) is 15.9. The maximum Gasteiger partial charge on any atom is 0.271 e. The summed E-state index contributed by atoms with van der Waals surface area (Å²) in [6.07, 6.45) is 3.44. The lowest BCUT2D eigenvalue weighted by atomic mass is 10.1. The lowest BCUT2D eigenvalue weighted by molar-refractivity contribution is -0.384. The molecule has 1 aromatic carbocycles. The number of nitrogens with zero attached hydrogens (tertiary/aromatic N) is 1. The molecule has 0 saturated carbocycles. The van der Waals surface area contributed by atoms with Gasteiger partial charge in [-0.05, 0) is 18.6 Å². The molecule has 0 radical (unpaired) electrons. The molecule has 0 bridgehead atoms. The normalized spacial score (nSPS) is 18.2. The Hall–Kier alpha value is -1.47. The van der Waals surface area contributed by atoms with Gasteiger partial charge in [-0.25, -0.2) is 0 Å². The van der Waals surface area contributed by atoms with Gasteiger partial charge in [0.2, 0.25) is 0 Å². The van der Waals surface area contributed by atoms with Crippen molar-refractivity contribution >= 4 is 40.6 Å². The van der Waals surface area contributed by atoms with E-state index in [1.54, 1.807) is 0 Å². The Labute approximate surface area is 131 Å². The number of amides is 1. The minimum absolute atomic E-state index is 0.0152. The minimum atomic E-state index is -0.598. The van der Waals surface area contributed by atoms with Crippen LogP contribution in [0.3, 0.4) is 0 Å². The molecule has 1 heterocycles. The molecule has 0 aliphatic carbocycles. The average Bonchev–Trinajstić information content (AvgIpc) is 2.48. The van der Waals surface area contributed by atoms with Crippen molar-refractivity contribution in [2.24, 2.45) is 0 Å². The highest BCUT2D eigenvalue weighted by Gasteiger charge is 2.20. The summed E-state index contributed by atoms with van der Waals surface area (Å²) in [4.78, 5) is 22.4. The summed E-state index contributed by atoms with van der Waals surface area (Å²) in [5, 5.41) is 14.0. The number of hydrogen-bond donors (Lipinski definition) is 2. The van der Waals surface area contributed by atoms with Gasteiger partial charge in [-0.3, -0.25) is 14.9 Å². The molecule has 1 aliphatic rings. The fourth-order valence-electron chi connectivity index (χ4n) is 2.17. The van der Waals surface area contributed by atoms with Crippen molar-refractivity contribution in [2.45, 2.75) is 24.5 Å². The Kier molecular flexibility index (Phi) is 5.30. The van der Waals surface area contributed by atoms with Crippen LogP contribution in [0, 0.1) is 10.1 Å². The molecule has 21 heavy (non-hydrogen) atoms. The van der Waals surface area contributed by atoms with E-state index in [-0.39, 0.29) is 22.0 Å². The number of nitrogen functional groups attached to an aromatic ring is 1. The molecule has 6 nitrogen and oxygen atoms in total. The second kappa shape index (κ2) is 7.00. The van der Waals surface area contributed by atoms with E-state index in [0.717, 1.165) is 30.7 Å². The molecule has 1 unspecified atom stereocenters. The van der Waals surface area contributed by atoms with E-state index in [1.165, 1.54) is 6.42 Å². The van der Waals surface area contributed by atoms with Crippen LogP contribution >= 0.6 is 23.4 Å². The predicted molar refractivity (Wildman–Crippen MR) is 84.9 cm³/mol. The second-order valence-electron chi connectivity index (χ2n) is 4.84. The van der Waals surface area contributed by atoms with Gasteiger partial charge in [0.05, 0.1) is 21.2 Å². The van der Waals surface area contributed by atoms with E-state index in [0.29, 0.717) is 11.8 Å². The van der Waals surface area contributed by atoms with Crippen LogP contribution in [0.2, 0.25) is 5.02 Å². The maximum absolute atomic E-state index is 12.2. The van der Waals surface area contributed by atoms with Crippen LogP contribution in [-0.4, -0.2) is 28.4 Å². The number of nitrogens with two attached hydrogens (primary N) is 1. The van der Waals surface area contributed by atoms with E-state index < -0.39 is 10.8 Å². The molecule has 2 rings (SSSR count). The Morgan fingerprint density at radius 2 is 2.29 bits per heavy atom. The van der Waals surface area contributed by atoms with Crippen molar-refractivity contribution in [3.8, 4) is 0 Å². The van der Waals surface area contributed by atoms with Crippen LogP contribution < -0.4 is 11.1 Å². The highest BCUT2D eigenvalue weighted by Crippen LogP contribution is 2.29. The summed E-state index contributed by atoms with van der Waals surface area (Å²) in [5.74, 6) is 0.676. The van der Waals surface area contributed by atoms with Crippen LogP contribution in [-0.2, 0) is 0 Å². The number of non-ortho nitro benzene ring substituents is 1. The van der Waals surface area contributed by atoms with Crippen molar-refractivity contribution in [1.82, 2.24) is 5.32 Å². The number of nitrogens with one attached hydrogen (secondary N) is 1. The van der Waals surface area contributed by atoms with E-state index in [2.05, 4.69) is 5.32 Å². The number of nitro groups is 1. The molecule has 1 saturated heterocycles. The van der Waals surface area contributed by atoms with Crippen LogP contribution in [0.25, 0.3) is 0 Å². The fraction of sp³-hybridized carbons (Fsp3) is 0.462. The highest BCUT2D eigenvalue weighted by atomic mass is 35.5. The molecule has 1 aliphatic heterocycles. The molecule has 0 spiro atoms. The van der Waals surface area contributed by atoms with Crippen molar-refractivity contribution in [1.29, 1.82) is 0 Å². The number of rotatable bonds is 4. The smallest absolute Gasteiger partial charge is 0.271 e. The average molecular weight is 330 g/mol. The first-order valence-electron chi connectivity index (χ1n) is 6.62. The number of carbonyl (C=O) groups excluding carboxylic acids is 1. The van der Waals surface area contributed by atoms with Crippen molar-refractivity contribution in [3.63, 3.8) is 0 Å². The molecule has 1 fully saturated rings. The van der Waals surface area contributed by atoms with Gasteiger partial charge in [0.25, 0.3) is 11.6 Å². The van der Waals surface area contributed by atoms with Crippen molar-refractivity contribution < 1.29 is 9.72 Å². The lowest BCUT2D eigenvalue weighted by Gasteiger charge is -2.21. The number of hydrogen-bond acceptors (Lipinski definition) is 5. The summed E-state index contributed by atoms with van der Waals surface area (Å²) in [5.41, 5.74) is 5.61. The van der Waals surface area contributed by atoms with E-state index >= 15 is 0 Å². The SMILES string of the molecule is Nc1c(Cl)cc([N+](=O)[O-])cc1C(=O)NCC1CCCCS1. The zero-order valence-corrected chi connectivity index (χ0v) is 12.9. The third-order valence-corrected chi connectivity index (χ3v) is 5.04. The van der Waals surface area contributed by atoms with E-state index in [9.17, 15) is 14.9 Å². The third kappa shape index (κ3) is 4.01. The molecular formula is C13H16ClN3O3S. The van der Waals surface area contributed by atoms with E-state index in [1.807, 2.05) is 11.8 Å². The molecular weight excluding hydrogens is 314 g/mol. The Morgan fingerprint density at radius 3 is 2.90 bits per heavy atom. The van der Waals surface area contributed by atoms with Gasteiger partial charge in [0.1, 0.15) is 0 Å². The number of carbonyl (C=O) groups is 1. The van der Waals surface area contributed by atoms with Crippen LogP contribution in [0.5, 0.6) is 0 Å². The van der Waals surface area contributed by atoms with Gasteiger partial charge in [-0.2, -0.15) is 11.8 Å². The Balaban J connectivity index is 2.09. The van der Waals surface area contributed by atoms with Gasteiger partial charge in [-0.1, -0.05) is 18.0 Å². The molecule has 1 atom stereocenters.